The van der Waals surface area contributed by atoms with Gasteiger partial charge >= 0.3 is 0 Å². The zero-order chi connectivity index (χ0) is 15.4. The van der Waals surface area contributed by atoms with E-state index in [4.69, 9.17) is 16.3 Å². The van der Waals surface area contributed by atoms with Gasteiger partial charge < -0.3 is 10.1 Å². The minimum Gasteiger partial charge on any atom is -0.497 e. The number of nitrogens with one attached hydrogen (secondary N) is 1. The number of hydrogen-bond acceptors (Lipinski definition) is 2. The largest absolute Gasteiger partial charge is 0.497 e. The van der Waals surface area contributed by atoms with E-state index >= 15 is 0 Å². The number of ether oxygens (including phenoxy) is 1. The molecule has 2 rings (SSSR count). The van der Waals surface area contributed by atoms with E-state index in [1.165, 1.54) is 0 Å². The van der Waals surface area contributed by atoms with Gasteiger partial charge in [-0.15, -0.1) is 0 Å². The molecule has 0 saturated heterocycles. The first-order valence-electron chi connectivity index (χ1n) is 6.41. The molecule has 3 nitrogen and oxygen atoms in total. The number of carbonyl (C=O) groups is 1. The van der Waals surface area contributed by atoms with E-state index in [-0.39, 0.29) is 11.9 Å². The van der Waals surface area contributed by atoms with E-state index in [0.717, 1.165) is 11.3 Å². The van der Waals surface area contributed by atoms with Crippen molar-refractivity contribution >= 4 is 33.4 Å². The number of halogens is 2. The fourth-order valence-electron chi connectivity index (χ4n) is 1.92. The summed E-state index contributed by atoms with van der Waals surface area (Å²) in [5.41, 5.74) is 1.56. The summed E-state index contributed by atoms with van der Waals surface area (Å²) < 4.78 is 5.80. The number of benzene rings is 2. The maximum absolute atomic E-state index is 12.3. The van der Waals surface area contributed by atoms with Crippen LogP contribution in [0.3, 0.4) is 0 Å². The summed E-state index contributed by atoms with van der Waals surface area (Å²) in [7, 11) is 1.62. The maximum Gasteiger partial charge on any atom is 0.252 e. The molecule has 0 aliphatic heterocycles. The second kappa shape index (κ2) is 6.96. The van der Waals surface area contributed by atoms with E-state index in [0.29, 0.717) is 15.1 Å². The maximum atomic E-state index is 12.3. The van der Waals surface area contributed by atoms with Gasteiger partial charge in [-0.3, -0.25) is 4.79 Å². The van der Waals surface area contributed by atoms with Crippen molar-refractivity contribution in [3.63, 3.8) is 0 Å². The zero-order valence-corrected chi connectivity index (χ0v) is 14.0. The summed E-state index contributed by atoms with van der Waals surface area (Å²) in [5, 5.41) is 3.54. The first-order valence-corrected chi connectivity index (χ1v) is 7.58. The van der Waals surface area contributed by atoms with Gasteiger partial charge in [-0.2, -0.15) is 0 Å². The van der Waals surface area contributed by atoms with Crippen LogP contribution >= 0.6 is 27.5 Å². The SMILES string of the molecule is COc1ccc(C(C)NC(=O)c2ccc(Cl)cc2Br)cc1. The van der Waals surface area contributed by atoms with E-state index < -0.39 is 0 Å². The van der Waals surface area contributed by atoms with Crippen molar-refractivity contribution in [1.29, 1.82) is 0 Å². The lowest BCUT2D eigenvalue weighted by Gasteiger charge is -2.15. The third-order valence-electron chi connectivity index (χ3n) is 3.14. The molecule has 0 aliphatic carbocycles. The van der Waals surface area contributed by atoms with E-state index in [9.17, 15) is 4.79 Å². The monoisotopic (exact) mass is 367 g/mol. The number of carbonyl (C=O) groups excluding carboxylic acids is 1. The van der Waals surface area contributed by atoms with Gasteiger partial charge in [-0.05, 0) is 58.7 Å². The molecule has 0 heterocycles. The summed E-state index contributed by atoms with van der Waals surface area (Å²) in [5.74, 6) is 0.639. The lowest BCUT2D eigenvalue weighted by atomic mass is 10.1. The van der Waals surface area contributed by atoms with Gasteiger partial charge in [0.2, 0.25) is 0 Å². The molecular weight excluding hydrogens is 354 g/mol. The Morgan fingerprint density at radius 1 is 1.24 bits per heavy atom. The first-order chi connectivity index (χ1) is 10.0. The minimum atomic E-state index is -0.151. The van der Waals surface area contributed by atoms with Crippen molar-refractivity contribution < 1.29 is 9.53 Å². The Morgan fingerprint density at radius 3 is 2.48 bits per heavy atom. The average molecular weight is 369 g/mol. The Hall–Kier alpha value is -1.52. The predicted molar refractivity (Wildman–Crippen MR) is 88.0 cm³/mol. The molecule has 2 aromatic carbocycles. The Kier molecular flexibility index (Phi) is 5.26. The Morgan fingerprint density at radius 2 is 1.90 bits per heavy atom. The molecule has 0 fully saturated rings. The van der Waals surface area contributed by atoms with Crippen LogP contribution in [-0.2, 0) is 0 Å². The van der Waals surface area contributed by atoms with Crippen LogP contribution in [0.1, 0.15) is 28.9 Å². The highest BCUT2D eigenvalue weighted by molar-refractivity contribution is 9.10. The molecule has 0 bridgehead atoms. The molecular formula is C16H15BrClNO2. The van der Waals surface area contributed by atoms with Gasteiger partial charge in [0.25, 0.3) is 5.91 Å². The van der Waals surface area contributed by atoms with Gasteiger partial charge in [-0.1, -0.05) is 23.7 Å². The van der Waals surface area contributed by atoms with Crippen molar-refractivity contribution in [2.75, 3.05) is 7.11 Å². The molecule has 0 aromatic heterocycles. The normalized spacial score (nSPS) is 11.8. The molecule has 0 radical (unpaired) electrons. The zero-order valence-electron chi connectivity index (χ0n) is 11.7. The molecule has 1 N–H and O–H groups in total. The molecule has 1 atom stereocenters. The van der Waals surface area contributed by atoms with Gasteiger partial charge in [0, 0.05) is 9.50 Å². The number of hydrogen-bond donors (Lipinski definition) is 1. The number of methoxy groups -OCH3 is 1. The topological polar surface area (TPSA) is 38.3 Å². The molecule has 0 saturated carbocycles. The molecule has 110 valence electrons. The van der Waals surface area contributed by atoms with Gasteiger partial charge in [-0.25, -0.2) is 0 Å². The summed E-state index contributed by atoms with van der Waals surface area (Å²) in [6.45, 7) is 1.93. The van der Waals surface area contributed by atoms with Crippen molar-refractivity contribution in [2.45, 2.75) is 13.0 Å². The second-order valence-electron chi connectivity index (χ2n) is 4.59. The van der Waals surface area contributed by atoms with Gasteiger partial charge in [0.05, 0.1) is 18.7 Å². The van der Waals surface area contributed by atoms with Crippen LogP contribution < -0.4 is 10.1 Å². The van der Waals surface area contributed by atoms with Crippen molar-refractivity contribution in [1.82, 2.24) is 5.32 Å². The lowest BCUT2D eigenvalue weighted by Crippen LogP contribution is -2.26. The summed E-state index contributed by atoms with van der Waals surface area (Å²) in [4.78, 5) is 12.3. The van der Waals surface area contributed by atoms with Crippen LogP contribution in [0, 0.1) is 0 Å². The fourth-order valence-corrected chi connectivity index (χ4v) is 2.79. The third kappa shape index (κ3) is 3.99. The van der Waals surface area contributed by atoms with Crippen LogP contribution in [0.4, 0.5) is 0 Å². The molecule has 5 heteroatoms. The van der Waals surface area contributed by atoms with Crippen LogP contribution in [0.2, 0.25) is 5.02 Å². The van der Waals surface area contributed by atoms with Gasteiger partial charge in [0.15, 0.2) is 0 Å². The van der Waals surface area contributed by atoms with Gasteiger partial charge in [0.1, 0.15) is 5.75 Å². The molecule has 21 heavy (non-hydrogen) atoms. The molecule has 0 aliphatic rings. The molecule has 1 amide bonds. The standard InChI is InChI=1S/C16H15BrClNO2/c1-10(11-3-6-13(21-2)7-4-11)19-16(20)14-8-5-12(18)9-15(14)17/h3-10H,1-2H3,(H,19,20). The van der Waals surface area contributed by atoms with E-state index in [1.54, 1.807) is 25.3 Å². The fraction of sp³-hybridized carbons (Fsp3) is 0.188. The van der Waals surface area contributed by atoms with Crippen LogP contribution in [0.5, 0.6) is 5.75 Å². The highest BCUT2D eigenvalue weighted by Gasteiger charge is 2.14. The van der Waals surface area contributed by atoms with Crippen LogP contribution in [0.25, 0.3) is 0 Å². The Bertz CT molecular complexity index is 643. The summed E-state index contributed by atoms with van der Waals surface area (Å²) in [6.07, 6.45) is 0. The smallest absolute Gasteiger partial charge is 0.252 e. The Balaban J connectivity index is 2.10. The number of amides is 1. The minimum absolute atomic E-state index is 0.106. The summed E-state index contributed by atoms with van der Waals surface area (Å²) in [6, 6.07) is 12.6. The lowest BCUT2D eigenvalue weighted by molar-refractivity contribution is 0.0939. The molecule has 0 spiro atoms. The molecule has 2 aromatic rings. The highest BCUT2D eigenvalue weighted by atomic mass is 79.9. The van der Waals surface area contributed by atoms with Crippen molar-refractivity contribution in [3.8, 4) is 5.75 Å². The highest BCUT2D eigenvalue weighted by Crippen LogP contribution is 2.23. The van der Waals surface area contributed by atoms with Crippen molar-refractivity contribution in [2.24, 2.45) is 0 Å². The van der Waals surface area contributed by atoms with E-state index in [1.807, 2.05) is 31.2 Å². The quantitative estimate of drug-likeness (QED) is 0.856. The average Bonchev–Trinajstić information content (AvgIpc) is 2.47. The number of rotatable bonds is 4. The third-order valence-corrected chi connectivity index (χ3v) is 4.03. The first kappa shape index (κ1) is 15.9. The second-order valence-corrected chi connectivity index (χ2v) is 5.88. The van der Waals surface area contributed by atoms with Crippen molar-refractivity contribution in [3.05, 3.63) is 63.1 Å². The summed E-state index contributed by atoms with van der Waals surface area (Å²) >= 11 is 9.23. The van der Waals surface area contributed by atoms with Crippen LogP contribution in [-0.4, -0.2) is 13.0 Å². The van der Waals surface area contributed by atoms with Crippen LogP contribution in [0.15, 0.2) is 46.9 Å². The van der Waals surface area contributed by atoms with E-state index in [2.05, 4.69) is 21.2 Å². The molecule has 1 unspecified atom stereocenters. The Labute approximate surface area is 137 Å². The predicted octanol–water partition coefficient (Wildman–Crippen LogP) is 4.60.